The topological polar surface area (TPSA) is 152 Å². The van der Waals surface area contributed by atoms with Gasteiger partial charge in [0.05, 0.1) is 12.8 Å². The van der Waals surface area contributed by atoms with Gasteiger partial charge in [0.15, 0.2) is 5.60 Å². The van der Waals surface area contributed by atoms with Crippen LogP contribution in [0.4, 0.5) is 0 Å². The lowest BCUT2D eigenvalue weighted by atomic mass is 9.96. The van der Waals surface area contributed by atoms with Gasteiger partial charge in [-0.1, -0.05) is 97.8 Å². The second kappa shape index (κ2) is 24.6. The number of aliphatic hydroxyl groups excluding tert-OH is 1. The summed E-state index contributed by atoms with van der Waals surface area (Å²) in [7, 11) is 0. The van der Waals surface area contributed by atoms with Gasteiger partial charge in [-0.15, -0.1) is 0 Å². The van der Waals surface area contributed by atoms with Gasteiger partial charge in [-0.05, 0) is 6.42 Å². The van der Waals surface area contributed by atoms with E-state index in [9.17, 15) is 14.4 Å². The van der Waals surface area contributed by atoms with Crippen molar-refractivity contribution in [1.29, 1.82) is 0 Å². The minimum atomic E-state index is -2.74. The van der Waals surface area contributed by atoms with Crippen molar-refractivity contribution >= 4 is 17.9 Å². The van der Waals surface area contributed by atoms with Gasteiger partial charge in [0.25, 0.3) is 0 Å². The monoisotopic (exact) mass is 450 g/mol. The number of aliphatic carboxylic acids is 3. The van der Waals surface area contributed by atoms with E-state index in [2.05, 4.69) is 20.8 Å². The molecular weight excluding hydrogens is 404 g/mol. The van der Waals surface area contributed by atoms with E-state index >= 15 is 0 Å². The Labute approximate surface area is 187 Å². The fourth-order valence-electron chi connectivity index (χ4n) is 2.67. The number of hydrogen-bond acceptors (Lipinski definition) is 5. The third-order valence-electron chi connectivity index (χ3n) is 4.30. The molecule has 0 heterocycles. The molecule has 0 spiro atoms. The van der Waals surface area contributed by atoms with Crippen LogP contribution in [-0.2, 0) is 14.4 Å². The van der Waals surface area contributed by atoms with Gasteiger partial charge < -0.3 is 25.5 Å². The van der Waals surface area contributed by atoms with Crippen molar-refractivity contribution in [2.24, 2.45) is 0 Å². The van der Waals surface area contributed by atoms with Gasteiger partial charge in [0.2, 0.25) is 0 Å². The van der Waals surface area contributed by atoms with Crippen molar-refractivity contribution in [3.8, 4) is 0 Å². The van der Waals surface area contributed by atoms with E-state index in [-0.39, 0.29) is 0 Å². The third kappa shape index (κ3) is 28.3. The van der Waals surface area contributed by atoms with Crippen LogP contribution in [0, 0.1) is 0 Å². The lowest BCUT2D eigenvalue weighted by Gasteiger charge is -2.18. The summed E-state index contributed by atoms with van der Waals surface area (Å²) in [4.78, 5) is 30.5. The molecule has 0 saturated carbocycles. The predicted octanol–water partition coefficient (Wildman–Crippen LogP) is 4.85. The second-order valence-electron chi connectivity index (χ2n) is 7.80. The molecule has 0 unspecified atom stereocenters. The van der Waals surface area contributed by atoms with Gasteiger partial charge in [-0.3, -0.25) is 9.59 Å². The lowest BCUT2D eigenvalue weighted by Crippen LogP contribution is -2.42. The Bertz CT molecular complexity index is 409. The maximum atomic E-state index is 10.3. The van der Waals surface area contributed by atoms with Crippen LogP contribution in [-0.4, -0.2) is 55.6 Å². The van der Waals surface area contributed by atoms with E-state index in [1.54, 1.807) is 0 Å². The molecule has 0 rings (SSSR count). The summed E-state index contributed by atoms with van der Waals surface area (Å²) < 4.78 is 0. The van der Waals surface area contributed by atoms with Gasteiger partial charge in [0.1, 0.15) is 0 Å². The van der Waals surface area contributed by atoms with Crippen molar-refractivity contribution in [2.75, 3.05) is 6.61 Å². The van der Waals surface area contributed by atoms with E-state index in [1.165, 1.54) is 77.0 Å². The summed E-state index contributed by atoms with van der Waals surface area (Å²) in [5.41, 5.74) is -2.74. The maximum absolute atomic E-state index is 10.3. The number of rotatable bonds is 17. The second-order valence-corrected chi connectivity index (χ2v) is 7.80. The summed E-state index contributed by atoms with van der Waals surface area (Å²) in [5, 5.41) is 42.4. The highest BCUT2D eigenvalue weighted by molar-refractivity contribution is 5.88. The first-order valence-corrected chi connectivity index (χ1v) is 11.6. The Morgan fingerprint density at radius 3 is 1.13 bits per heavy atom. The summed E-state index contributed by atoms with van der Waals surface area (Å²) in [6.45, 7) is 6.89. The standard InChI is InChI=1S/C14H30O.C6H8O7.C3H8/c1-2-3-4-5-6-7-8-9-10-11-12-13-14-15;7-3(8)1-6(13,5(11)12)2-4(9)10;1-3-2/h15H,2-14H2,1H3;13H,1-2H2,(H,7,8)(H,9,10)(H,11,12);3H2,1-2H3. The first kappa shape index (κ1) is 34.0. The SMILES string of the molecule is CCC.CCCCCCCCCCCCCCO.O=C(O)CC(O)(CC(=O)O)C(=O)O. The van der Waals surface area contributed by atoms with Crippen LogP contribution in [0.15, 0.2) is 0 Å². The van der Waals surface area contributed by atoms with Crippen LogP contribution >= 0.6 is 0 Å². The maximum Gasteiger partial charge on any atom is 0.336 e. The summed E-state index contributed by atoms with van der Waals surface area (Å²) in [6, 6.07) is 0. The van der Waals surface area contributed by atoms with E-state index in [0.29, 0.717) is 6.61 Å². The van der Waals surface area contributed by atoms with Gasteiger partial charge in [0, 0.05) is 6.61 Å². The molecular formula is C23H46O8. The smallest absolute Gasteiger partial charge is 0.336 e. The van der Waals surface area contributed by atoms with Gasteiger partial charge in [-0.25, -0.2) is 4.79 Å². The quantitative estimate of drug-likeness (QED) is 0.197. The van der Waals surface area contributed by atoms with Crippen LogP contribution in [0.2, 0.25) is 0 Å². The number of carboxylic acid groups (broad SMARTS) is 3. The zero-order valence-corrected chi connectivity index (χ0v) is 19.8. The lowest BCUT2D eigenvalue weighted by molar-refractivity contribution is -0.170. The molecule has 0 aromatic rings. The Hall–Kier alpha value is -1.67. The van der Waals surface area contributed by atoms with Crippen molar-refractivity contribution in [3.05, 3.63) is 0 Å². The molecule has 0 aliphatic carbocycles. The molecule has 0 aliphatic heterocycles. The molecule has 0 saturated heterocycles. The van der Waals surface area contributed by atoms with Crippen molar-refractivity contribution in [2.45, 2.75) is 123 Å². The number of hydrogen-bond donors (Lipinski definition) is 5. The molecule has 0 fully saturated rings. The van der Waals surface area contributed by atoms with Crippen molar-refractivity contribution < 1.29 is 39.9 Å². The molecule has 8 nitrogen and oxygen atoms in total. The van der Waals surface area contributed by atoms with Crippen LogP contribution in [0.5, 0.6) is 0 Å². The van der Waals surface area contributed by atoms with E-state index in [4.69, 9.17) is 25.5 Å². The minimum absolute atomic E-state index is 0.372. The molecule has 0 aromatic heterocycles. The van der Waals surface area contributed by atoms with E-state index in [1.807, 2.05) is 0 Å². The number of aliphatic hydroxyl groups is 2. The van der Waals surface area contributed by atoms with Crippen molar-refractivity contribution in [1.82, 2.24) is 0 Å². The Morgan fingerprint density at radius 2 is 0.903 bits per heavy atom. The van der Waals surface area contributed by atoms with Gasteiger partial charge >= 0.3 is 17.9 Å². The fourth-order valence-corrected chi connectivity index (χ4v) is 2.67. The molecule has 0 aliphatic rings. The Kier molecular flexibility index (Phi) is 26.9. The first-order chi connectivity index (χ1) is 14.6. The van der Waals surface area contributed by atoms with Crippen molar-refractivity contribution in [3.63, 3.8) is 0 Å². The molecule has 8 heteroatoms. The van der Waals surface area contributed by atoms with Crippen LogP contribution in [0.25, 0.3) is 0 Å². The zero-order chi connectivity index (χ0) is 24.5. The van der Waals surface area contributed by atoms with E-state index < -0.39 is 36.4 Å². The molecule has 0 aromatic carbocycles. The molecule has 186 valence electrons. The highest BCUT2D eigenvalue weighted by Crippen LogP contribution is 2.15. The van der Waals surface area contributed by atoms with Crippen LogP contribution < -0.4 is 0 Å². The molecule has 0 bridgehead atoms. The molecule has 0 amide bonds. The summed E-state index contributed by atoms with van der Waals surface area (Å²) in [5.74, 6) is -5.02. The molecule has 31 heavy (non-hydrogen) atoms. The van der Waals surface area contributed by atoms with Crippen LogP contribution in [0.3, 0.4) is 0 Å². The summed E-state index contributed by atoms with van der Waals surface area (Å²) >= 11 is 0. The minimum Gasteiger partial charge on any atom is -0.481 e. The Morgan fingerprint density at radius 1 is 0.613 bits per heavy atom. The first-order valence-electron chi connectivity index (χ1n) is 11.6. The number of carboxylic acids is 3. The average Bonchev–Trinajstić information content (AvgIpc) is 2.66. The largest absolute Gasteiger partial charge is 0.481 e. The van der Waals surface area contributed by atoms with Crippen LogP contribution in [0.1, 0.15) is 117 Å². The third-order valence-corrected chi connectivity index (χ3v) is 4.30. The average molecular weight is 451 g/mol. The fraction of sp³-hybridized carbons (Fsp3) is 0.870. The Balaban J connectivity index is -0.000000452. The predicted molar refractivity (Wildman–Crippen MR) is 121 cm³/mol. The zero-order valence-electron chi connectivity index (χ0n) is 19.8. The van der Waals surface area contributed by atoms with Gasteiger partial charge in [-0.2, -0.15) is 0 Å². The molecule has 5 N–H and O–H groups in total. The molecule has 0 radical (unpaired) electrons. The normalized spacial score (nSPS) is 10.4. The number of unbranched alkanes of at least 4 members (excludes halogenated alkanes) is 11. The number of carbonyl (C=O) groups is 3. The molecule has 0 atom stereocenters. The highest BCUT2D eigenvalue weighted by Gasteiger charge is 2.40. The highest BCUT2D eigenvalue weighted by atomic mass is 16.4. The van der Waals surface area contributed by atoms with E-state index in [0.717, 1.165) is 6.42 Å². The summed E-state index contributed by atoms with van der Waals surface area (Å²) in [6.07, 6.45) is 15.2.